The molecule has 0 amide bonds. The fraction of sp³-hybridized carbons (Fsp3) is 0.214. The molecular formula is C56H46N4Na8O24S8. The Morgan fingerprint density at radius 3 is 0.450 bits per heavy atom. The van der Waals surface area contributed by atoms with E-state index in [-0.39, 0.29) is 259 Å². The molecular weight excluding hydrogens is 1550 g/mol. The molecule has 28 nitrogen and oxygen atoms in total. The van der Waals surface area contributed by atoms with Gasteiger partial charge in [0.2, 0.25) is 0 Å². The quantitative estimate of drug-likeness (QED) is 0.0847. The summed E-state index contributed by atoms with van der Waals surface area (Å²) in [5, 5.41) is 0. The molecule has 490 valence electrons. The number of aromatic amines is 2. The van der Waals surface area contributed by atoms with Gasteiger partial charge in [0, 0.05) is 44.3 Å². The smallest absolute Gasteiger partial charge is 0.744 e. The van der Waals surface area contributed by atoms with Crippen molar-refractivity contribution in [1.82, 2.24) is 19.9 Å². The van der Waals surface area contributed by atoms with Crippen molar-refractivity contribution in [3.8, 4) is 44.5 Å². The van der Waals surface area contributed by atoms with Gasteiger partial charge in [-0.05, 0) is 221 Å². The molecule has 0 saturated heterocycles. The fourth-order valence-electron chi connectivity index (χ4n) is 13.5. The first-order valence-corrected chi connectivity index (χ1v) is 37.4. The Morgan fingerprint density at radius 2 is 0.340 bits per heavy atom. The van der Waals surface area contributed by atoms with Gasteiger partial charge in [-0.15, -0.1) is 0 Å². The zero-order valence-electron chi connectivity index (χ0n) is 57.6. The summed E-state index contributed by atoms with van der Waals surface area (Å²) in [4.78, 5) is 5.99. The first-order valence-electron chi connectivity index (χ1n) is 26.2. The molecule has 2 aliphatic rings. The van der Waals surface area contributed by atoms with Crippen LogP contribution in [0.5, 0.6) is 0 Å². The van der Waals surface area contributed by atoms with Crippen LogP contribution in [-0.2, 0) is 80.9 Å². The molecule has 0 unspecified atom stereocenters. The van der Waals surface area contributed by atoms with Crippen LogP contribution in [0.15, 0.2) is 63.4 Å². The fourth-order valence-corrected chi connectivity index (χ4v) is 21.3. The van der Waals surface area contributed by atoms with Crippen molar-refractivity contribution in [2.45, 2.75) is 122 Å². The molecule has 0 atom stereocenters. The van der Waals surface area contributed by atoms with Crippen molar-refractivity contribution in [3.05, 3.63) is 114 Å². The third kappa shape index (κ3) is 18.0. The number of nitrogens with one attached hydrogen (secondary N) is 2. The minimum atomic E-state index is -5.78. The Balaban J connectivity index is 0.00000625. The van der Waals surface area contributed by atoms with Gasteiger partial charge in [-0.2, -0.15) is 0 Å². The number of hydrogen-bond acceptors (Lipinski definition) is 26. The van der Waals surface area contributed by atoms with E-state index in [0.717, 1.165) is 107 Å². The van der Waals surface area contributed by atoms with Gasteiger partial charge < -0.3 is 46.4 Å². The van der Waals surface area contributed by atoms with Crippen LogP contribution in [0.2, 0.25) is 0 Å². The van der Waals surface area contributed by atoms with Crippen molar-refractivity contribution in [1.29, 1.82) is 0 Å². The molecule has 0 aliphatic carbocycles. The van der Waals surface area contributed by atoms with Crippen molar-refractivity contribution >= 4 is 127 Å². The Labute approximate surface area is 755 Å². The average molecular weight is 1600 g/mol. The number of benzene rings is 4. The average Bonchev–Trinajstić information content (AvgIpc) is 1.65. The second-order valence-corrected chi connectivity index (χ2v) is 32.3. The van der Waals surface area contributed by atoms with Crippen molar-refractivity contribution < 1.29 is 340 Å². The van der Waals surface area contributed by atoms with E-state index in [1.54, 1.807) is 0 Å². The predicted molar refractivity (Wildman–Crippen MR) is 321 cm³/mol. The van der Waals surface area contributed by atoms with Crippen molar-refractivity contribution in [2.75, 3.05) is 0 Å². The van der Waals surface area contributed by atoms with Crippen LogP contribution in [0.4, 0.5) is 0 Å². The van der Waals surface area contributed by atoms with E-state index in [9.17, 15) is 104 Å². The van der Waals surface area contributed by atoms with Gasteiger partial charge in [0.05, 0.1) is 61.9 Å². The van der Waals surface area contributed by atoms with E-state index in [1.165, 1.54) is 24.3 Å². The number of aromatic nitrogens is 4. The van der Waals surface area contributed by atoms with E-state index in [2.05, 4.69) is 9.97 Å². The van der Waals surface area contributed by atoms with Crippen LogP contribution in [-0.4, -0.2) is 124 Å². The summed E-state index contributed by atoms with van der Waals surface area (Å²) in [6, 6.07) is 4.69. The monoisotopic (exact) mass is 1600 g/mol. The maximum atomic E-state index is 13.3. The molecule has 44 heteroatoms. The van der Waals surface area contributed by atoms with Crippen LogP contribution < -0.4 is 236 Å². The Hall–Kier alpha value is 0.760. The van der Waals surface area contributed by atoms with Gasteiger partial charge in [-0.3, -0.25) is 0 Å². The first kappa shape index (κ1) is 98.8. The van der Waals surface area contributed by atoms with Gasteiger partial charge in [-0.1, -0.05) is 0 Å². The SMILES string of the molecule is Cc1c(-c2c3nc(c(-c4c(C)c(S(=O)(=O)[O-])c(C)c(S(=O)(=O)[O-])c4C)c4ccc([nH]4)c(-c4c(C)c(S(=O)(=O)[O-])c(C)c(S(=O)(=O)[O-])c4C)c4nc(c(-c5c(C)c(S(=O)(=O)[O-])c(C)c(S(=O)(=O)[O-])c5C)c5ccc2[nH]5)C=C4)C=C3)c(C)c(S(=O)(=O)[O-])c(C)c1S(=O)(=O)[O-].[Na+].[Na+].[Na+].[Na+].[Na+].[Na+].[Na+].[Na+]. The van der Waals surface area contributed by atoms with Gasteiger partial charge in [-0.25, -0.2) is 77.3 Å². The number of H-pyrrole nitrogens is 2. The van der Waals surface area contributed by atoms with E-state index < -0.39 is 254 Å². The van der Waals surface area contributed by atoms with Crippen LogP contribution in [0.1, 0.15) is 89.5 Å². The number of hydrogen-bond donors (Lipinski definition) is 2. The Bertz CT molecular complexity index is 4960. The van der Waals surface area contributed by atoms with Crippen LogP contribution >= 0.6 is 0 Å². The van der Waals surface area contributed by atoms with Crippen molar-refractivity contribution in [2.24, 2.45) is 0 Å². The molecule has 0 fully saturated rings. The molecule has 2 N–H and O–H groups in total. The largest absolute Gasteiger partial charge is 1.00 e. The Morgan fingerprint density at radius 1 is 0.220 bits per heavy atom. The second-order valence-electron chi connectivity index (χ2n) is 21.8. The van der Waals surface area contributed by atoms with Gasteiger partial charge in [0.15, 0.2) is 0 Å². The molecule has 4 aromatic carbocycles. The van der Waals surface area contributed by atoms with Crippen LogP contribution in [0.25, 0.3) is 90.9 Å². The van der Waals surface area contributed by atoms with Crippen molar-refractivity contribution in [3.63, 3.8) is 0 Å². The molecule has 9 rings (SSSR count). The molecule has 0 radical (unpaired) electrons. The third-order valence-electron chi connectivity index (χ3n) is 16.2. The zero-order valence-corrected chi connectivity index (χ0v) is 80.1. The molecule has 100 heavy (non-hydrogen) atoms. The predicted octanol–water partition coefficient (Wildman–Crippen LogP) is -17.7. The molecule has 0 saturated carbocycles. The summed E-state index contributed by atoms with van der Waals surface area (Å²) in [7, 11) is -46.3. The second kappa shape index (κ2) is 34.2. The van der Waals surface area contributed by atoms with Gasteiger partial charge in [0.1, 0.15) is 80.9 Å². The van der Waals surface area contributed by atoms with Crippen LogP contribution in [0.3, 0.4) is 0 Å². The topological polar surface area (TPSA) is 515 Å². The number of rotatable bonds is 12. The van der Waals surface area contributed by atoms with E-state index in [0.29, 0.717) is 0 Å². The molecule has 8 bridgehead atoms. The van der Waals surface area contributed by atoms with E-state index in [4.69, 9.17) is 9.97 Å². The maximum Gasteiger partial charge on any atom is 1.00 e. The molecule has 0 spiro atoms. The van der Waals surface area contributed by atoms with Crippen LogP contribution in [0, 0.1) is 83.1 Å². The van der Waals surface area contributed by atoms with Gasteiger partial charge in [0.25, 0.3) is 0 Å². The molecule has 5 heterocycles. The first-order chi connectivity index (χ1) is 41.8. The van der Waals surface area contributed by atoms with Gasteiger partial charge >= 0.3 is 236 Å². The van der Waals surface area contributed by atoms with E-state index in [1.807, 2.05) is 0 Å². The number of fused-ring (bicyclic) bond motifs is 8. The summed E-state index contributed by atoms with van der Waals surface area (Å²) in [6.45, 7) is 12.0. The summed E-state index contributed by atoms with van der Waals surface area (Å²) in [6.07, 6.45) is 4.57. The zero-order chi connectivity index (χ0) is 69.3. The summed E-state index contributed by atoms with van der Waals surface area (Å²) >= 11 is 0. The van der Waals surface area contributed by atoms with E-state index >= 15 is 0 Å². The summed E-state index contributed by atoms with van der Waals surface area (Å²) < 4.78 is 320. The standard InChI is InChI=1S/C56H54N4O24S8.8Na/c1-21-41(22(2)50(86(64,65)66)29(9)49(21)85(61,62)63)45-33-13-15-35(57-33)46(42-23(3)51(87(67,68)69)30(10)52(24(42)4)88(70,71)72)37-17-19-39(59-37)48(44-27(7)55(91(79,80)81)32(12)56(28(44)8)92(82,83)84)40-20-18-38(60-40)47(36-16-14-34(45)58-36)43-25(5)53(89(73,74)75)31(11)54(26(43)6)90(76,77)78;;;;;;;;/h13-20,57,60H,1-12H3,(H,61,62,63)(H,64,65,66)(H,67,68,69)(H,70,71,72)(H,73,74,75)(H,76,77,78)(H,79,80,81)(H,82,83,84);;;;;;;;/q;8*+1/p-8. The summed E-state index contributed by atoms with van der Waals surface area (Å²) in [5.74, 6) is 0. The molecule has 2 aliphatic heterocycles. The molecule has 3 aromatic heterocycles. The Kier molecular flexibility index (Phi) is 33.7. The maximum absolute atomic E-state index is 13.3. The third-order valence-corrected chi connectivity index (χ3v) is 25.1. The number of nitrogens with zero attached hydrogens (tertiary/aromatic N) is 2. The minimum absolute atomic E-state index is 0. The normalized spacial score (nSPS) is 12.5. The minimum Gasteiger partial charge on any atom is -0.744 e. The molecule has 7 aromatic rings. The summed E-state index contributed by atoms with van der Waals surface area (Å²) in [5.41, 5.74) is -14.3.